The predicted molar refractivity (Wildman–Crippen MR) is 108 cm³/mol. The Balaban J connectivity index is 1.56. The highest BCUT2D eigenvalue weighted by Gasteiger charge is 2.23. The lowest BCUT2D eigenvalue weighted by Crippen LogP contribution is -2.38. The Hall–Kier alpha value is -2.71. The number of carbonyl (C=O) groups is 2. The molecule has 158 valence electrons. The number of rotatable bonds is 5. The molecule has 0 N–H and O–H groups in total. The number of hydrogen-bond donors (Lipinski definition) is 0. The van der Waals surface area contributed by atoms with Crippen LogP contribution in [-0.2, 0) is 16.0 Å². The minimum Gasteiger partial charge on any atom is -0.449 e. The summed E-state index contributed by atoms with van der Waals surface area (Å²) >= 11 is 0. The van der Waals surface area contributed by atoms with Crippen LogP contribution in [0.15, 0.2) is 6.33 Å². The molecule has 1 aliphatic rings. The molecule has 9 nitrogen and oxygen atoms in total. The maximum Gasteiger partial charge on any atom is 0.409 e. The summed E-state index contributed by atoms with van der Waals surface area (Å²) in [5, 5.41) is 4.20. The molecule has 2 amide bonds. The highest BCUT2D eigenvalue weighted by Crippen LogP contribution is 2.16. The van der Waals surface area contributed by atoms with Crippen molar-refractivity contribution in [3.05, 3.63) is 23.3 Å². The second kappa shape index (κ2) is 9.19. The lowest BCUT2D eigenvalue weighted by atomic mass is 10.1. The smallest absolute Gasteiger partial charge is 0.409 e. The topological polar surface area (TPSA) is 92.9 Å². The van der Waals surface area contributed by atoms with Crippen molar-refractivity contribution in [1.82, 2.24) is 29.4 Å². The molecule has 0 aliphatic carbocycles. The van der Waals surface area contributed by atoms with Crippen LogP contribution in [0.1, 0.15) is 43.6 Å². The third-order valence-electron chi connectivity index (χ3n) is 5.22. The lowest BCUT2D eigenvalue weighted by molar-refractivity contribution is -0.131. The molecule has 2 aromatic heterocycles. The first-order valence-corrected chi connectivity index (χ1v) is 10.2. The number of aryl methyl sites for hydroxylation is 2. The van der Waals surface area contributed by atoms with Gasteiger partial charge in [0.2, 0.25) is 5.91 Å². The zero-order chi connectivity index (χ0) is 21.0. The first-order valence-electron chi connectivity index (χ1n) is 10.2. The summed E-state index contributed by atoms with van der Waals surface area (Å²) in [6.07, 6.45) is 2.97. The molecule has 3 heterocycles. The minimum atomic E-state index is -0.286. The van der Waals surface area contributed by atoms with E-state index in [0.29, 0.717) is 57.3 Å². The summed E-state index contributed by atoms with van der Waals surface area (Å²) in [6, 6.07) is 0. The molecule has 1 fully saturated rings. The first-order chi connectivity index (χ1) is 13.9. The molecule has 0 radical (unpaired) electrons. The van der Waals surface area contributed by atoms with Gasteiger partial charge in [0.25, 0.3) is 5.78 Å². The van der Waals surface area contributed by atoms with E-state index in [4.69, 9.17) is 4.74 Å². The first kappa shape index (κ1) is 21.0. The van der Waals surface area contributed by atoms with E-state index in [0.717, 1.165) is 23.4 Å². The molecule has 0 spiro atoms. The molecule has 1 saturated heterocycles. The van der Waals surface area contributed by atoms with Crippen LogP contribution >= 0.6 is 0 Å². The Morgan fingerprint density at radius 2 is 1.86 bits per heavy atom. The van der Waals surface area contributed by atoms with Crippen molar-refractivity contribution < 1.29 is 14.3 Å². The third kappa shape index (κ3) is 5.02. The van der Waals surface area contributed by atoms with Crippen LogP contribution in [0.5, 0.6) is 0 Å². The largest absolute Gasteiger partial charge is 0.449 e. The van der Waals surface area contributed by atoms with Gasteiger partial charge < -0.3 is 14.5 Å². The van der Waals surface area contributed by atoms with E-state index in [-0.39, 0.29) is 12.0 Å². The van der Waals surface area contributed by atoms with Gasteiger partial charge >= 0.3 is 6.09 Å². The third-order valence-corrected chi connectivity index (χ3v) is 5.22. The fourth-order valence-corrected chi connectivity index (χ4v) is 3.59. The Morgan fingerprint density at radius 3 is 2.62 bits per heavy atom. The fourth-order valence-electron chi connectivity index (χ4n) is 3.59. The van der Waals surface area contributed by atoms with Gasteiger partial charge in [-0.2, -0.15) is 10.1 Å². The van der Waals surface area contributed by atoms with Crippen molar-refractivity contribution in [1.29, 1.82) is 0 Å². The van der Waals surface area contributed by atoms with Gasteiger partial charge in [0.1, 0.15) is 6.33 Å². The fraction of sp³-hybridized carbons (Fsp3) is 0.650. The number of hydrogen-bond acceptors (Lipinski definition) is 6. The molecule has 0 aromatic carbocycles. The van der Waals surface area contributed by atoms with Gasteiger partial charge in [-0.3, -0.25) is 4.79 Å². The Kier molecular flexibility index (Phi) is 6.66. The number of carbonyl (C=O) groups excluding carboxylic acids is 2. The maximum absolute atomic E-state index is 12.8. The van der Waals surface area contributed by atoms with Gasteiger partial charge in [-0.25, -0.2) is 14.3 Å². The van der Waals surface area contributed by atoms with Crippen LogP contribution in [0.2, 0.25) is 0 Å². The average molecular weight is 402 g/mol. The van der Waals surface area contributed by atoms with Crippen molar-refractivity contribution in [2.75, 3.05) is 32.8 Å². The SMILES string of the molecule is Cc1nc2ncnn2c(C)c1CCC(=O)N1CCCN(C(=O)OCC(C)C)CC1. The van der Waals surface area contributed by atoms with E-state index in [1.807, 2.05) is 32.6 Å². The molecule has 29 heavy (non-hydrogen) atoms. The summed E-state index contributed by atoms with van der Waals surface area (Å²) in [5.41, 5.74) is 2.88. The number of nitrogens with zero attached hydrogens (tertiary/aromatic N) is 6. The Morgan fingerprint density at radius 1 is 1.14 bits per heavy atom. The van der Waals surface area contributed by atoms with Crippen molar-refractivity contribution >= 4 is 17.8 Å². The molecular weight excluding hydrogens is 372 g/mol. The highest BCUT2D eigenvalue weighted by molar-refractivity contribution is 5.76. The van der Waals surface area contributed by atoms with Crippen LogP contribution in [0.4, 0.5) is 4.79 Å². The van der Waals surface area contributed by atoms with Crippen molar-refractivity contribution in [2.24, 2.45) is 5.92 Å². The molecule has 1 aliphatic heterocycles. The highest BCUT2D eigenvalue weighted by atomic mass is 16.6. The van der Waals surface area contributed by atoms with Crippen molar-refractivity contribution in [2.45, 2.75) is 47.0 Å². The van der Waals surface area contributed by atoms with Gasteiger partial charge in [0, 0.05) is 44.0 Å². The van der Waals surface area contributed by atoms with E-state index in [2.05, 4.69) is 15.1 Å². The van der Waals surface area contributed by atoms with Crippen LogP contribution in [0.25, 0.3) is 5.78 Å². The predicted octanol–water partition coefficient (Wildman–Crippen LogP) is 2.00. The van der Waals surface area contributed by atoms with Crippen LogP contribution in [0.3, 0.4) is 0 Å². The van der Waals surface area contributed by atoms with Crippen molar-refractivity contribution in [3.8, 4) is 0 Å². The normalized spacial score (nSPS) is 15.1. The van der Waals surface area contributed by atoms with E-state index in [9.17, 15) is 9.59 Å². The van der Waals surface area contributed by atoms with Crippen LogP contribution in [-0.4, -0.2) is 74.2 Å². The Labute approximate surface area is 171 Å². The molecule has 2 aromatic rings. The van der Waals surface area contributed by atoms with Crippen LogP contribution < -0.4 is 0 Å². The summed E-state index contributed by atoms with van der Waals surface area (Å²) in [4.78, 5) is 37.1. The van der Waals surface area contributed by atoms with Gasteiger partial charge in [0.15, 0.2) is 0 Å². The van der Waals surface area contributed by atoms with E-state index in [1.54, 1.807) is 9.42 Å². The monoisotopic (exact) mass is 402 g/mol. The lowest BCUT2D eigenvalue weighted by Gasteiger charge is -2.22. The quantitative estimate of drug-likeness (QED) is 0.759. The van der Waals surface area contributed by atoms with E-state index < -0.39 is 0 Å². The zero-order valence-electron chi connectivity index (χ0n) is 17.7. The minimum absolute atomic E-state index is 0.0971. The molecule has 9 heteroatoms. The second-order valence-electron chi connectivity index (χ2n) is 7.93. The van der Waals surface area contributed by atoms with Gasteiger partial charge in [-0.05, 0) is 38.2 Å². The molecule has 0 unspecified atom stereocenters. The number of fused-ring (bicyclic) bond motifs is 1. The summed E-state index contributed by atoms with van der Waals surface area (Å²) in [5.74, 6) is 0.981. The zero-order valence-corrected chi connectivity index (χ0v) is 17.7. The molecular formula is C20H30N6O3. The van der Waals surface area contributed by atoms with E-state index >= 15 is 0 Å². The second-order valence-corrected chi connectivity index (χ2v) is 7.93. The number of amides is 2. The molecule has 0 bridgehead atoms. The van der Waals surface area contributed by atoms with Crippen LogP contribution in [0, 0.1) is 19.8 Å². The maximum atomic E-state index is 12.8. The molecule has 0 saturated carbocycles. The summed E-state index contributed by atoms with van der Waals surface area (Å²) in [7, 11) is 0. The number of ether oxygens (including phenoxy) is 1. The molecule has 3 rings (SSSR count). The Bertz CT molecular complexity index is 878. The summed E-state index contributed by atoms with van der Waals surface area (Å²) in [6.45, 7) is 10.7. The van der Waals surface area contributed by atoms with Gasteiger partial charge in [-0.1, -0.05) is 13.8 Å². The van der Waals surface area contributed by atoms with Gasteiger partial charge in [0.05, 0.1) is 6.61 Å². The van der Waals surface area contributed by atoms with E-state index in [1.165, 1.54) is 6.33 Å². The molecule has 0 atom stereocenters. The summed E-state index contributed by atoms with van der Waals surface area (Å²) < 4.78 is 7.03. The number of aromatic nitrogens is 4. The van der Waals surface area contributed by atoms with Crippen molar-refractivity contribution in [3.63, 3.8) is 0 Å². The standard InChI is InChI=1S/C20H30N6O3/c1-14(2)12-29-20(28)25-9-5-8-24(10-11-25)18(27)7-6-17-15(3)23-19-21-13-22-26(19)16(17)4/h13-14H,5-12H2,1-4H3. The average Bonchev–Trinajstić information content (AvgIpc) is 3.00. The van der Waals surface area contributed by atoms with Gasteiger partial charge in [-0.15, -0.1) is 0 Å².